The SMILES string of the molecule is Cc1ccc(S(=O)(=O)N[C@H](CC(=O)NC(C)C)c2ccccc2)cc1. The summed E-state index contributed by atoms with van der Waals surface area (Å²) in [5.41, 5.74) is 1.73. The van der Waals surface area contributed by atoms with E-state index in [-0.39, 0.29) is 23.3 Å². The molecule has 5 nitrogen and oxygen atoms in total. The molecule has 0 saturated heterocycles. The van der Waals surface area contributed by atoms with Crippen LogP contribution in [0.3, 0.4) is 0 Å². The van der Waals surface area contributed by atoms with Crippen molar-refractivity contribution in [1.82, 2.24) is 10.0 Å². The molecule has 1 atom stereocenters. The van der Waals surface area contributed by atoms with Crippen LogP contribution in [0.15, 0.2) is 59.5 Å². The maximum atomic E-state index is 12.7. The molecule has 2 aromatic carbocycles. The Hall–Kier alpha value is -2.18. The van der Waals surface area contributed by atoms with Crippen LogP contribution in [-0.4, -0.2) is 20.4 Å². The Labute approximate surface area is 149 Å². The van der Waals surface area contributed by atoms with Crippen LogP contribution in [0.1, 0.15) is 37.4 Å². The highest BCUT2D eigenvalue weighted by Gasteiger charge is 2.23. The molecule has 0 aliphatic rings. The molecule has 0 aliphatic carbocycles. The first kappa shape index (κ1) is 19.1. The van der Waals surface area contributed by atoms with Gasteiger partial charge >= 0.3 is 0 Å². The van der Waals surface area contributed by atoms with Gasteiger partial charge in [0.25, 0.3) is 0 Å². The molecule has 0 aromatic heterocycles. The fraction of sp³-hybridized carbons (Fsp3) is 0.316. The van der Waals surface area contributed by atoms with Gasteiger partial charge in [-0.2, -0.15) is 0 Å². The molecule has 0 saturated carbocycles. The third-order valence-electron chi connectivity index (χ3n) is 3.67. The van der Waals surface area contributed by atoms with Gasteiger partial charge in [-0.25, -0.2) is 13.1 Å². The van der Waals surface area contributed by atoms with Gasteiger partial charge in [-0.1, -0.05) is 48.0 Å². The lowest BCUT2D eigenvalue weighted by atomic mass is 10.0. The number of hydrogen-bond donors (Lipinski definition) is 2. The summed E-state index contributed by atoms with van der Waals surface area (Å²) in [7, 11) is -3.73. The first-order valence-corrected chi connectivity index (χ1v) is 9.69. The molecule has 0 unspecified atom stereocenters. The third-order valence-corrected chi connectivity index (χ3v) is 5.16. The van der Waals surface area contributed by atoms with Gasteiger partial charge in [-0.15, -0.1) is 0 Å². The predicted molar refractivity (Wildman–Crippen MR) is 98.6 cm³/mol. The number of aryl methyl sites for hydroxylation is 1. The van der Waals surface area contributed by atoms with E-state index in [9.17, 15) is 13.2 Å². The Morgan fingerprint density at radius 2 is 1.60 bits per heavy atom. The summed E-state index contributed by atoms with van der Waals surface area (Å²) in [5, 5.41) is 2.80. The third kappa shape index (κ3) is 5.69. The summed E-state index contributed by atoms with van der Waals surface area (Å²) in [6.07, 6.45) is 0.0350. The maximum absolute atomic E-state index is 12.7. The molecule has 1 amide bonds. The van der Waals surface area contributed by atoms with Crippen LogP contribution in [0.25, 0.3) is 0 Å². The van der Waals surface area contributed by atoms with Crippen LogP contribution >= 0.6 is 0 Å². The van der Waals surface area contributed by atoms with E-state index in [1.807, 2.05) is 51.1 Å². The topological polar surface area (TPSA) is 75.3 Å². The van der Waals surface area contributed by atoms with Crippen molar-refractivity contribution in [2.24, 2.45) is 0 Å². The van der Waals surface area contributed by atoms with E-state index >= 15 is 0 Å². The molecule has 0 radical (unpaired) electrons. The summed E-state index contributed by atoms with van der Waals surface area (Å²) in [6, 6.07) is 15.1. The van der Waals surface area contributed by atoms with Crippen molar-refractivity contribution < 1.29 is 13.2 Å². The molecule has 0 heterocycles. The standard InChI is InChI=1S/C19H24N2O3S/c1-14(2)20-19(22)13-18(16-7-5-4-6-8-16)21-25(23,24)17-11-9-15(3)10-12-17/h4-12,14,18,21H,13H2,1-3H3,(H,20,22)/t18-/m1/s1. The molecule has 0 spiro atoms. The molecule has 0 aliphatic heterocycles. The average molecular weight is 360 g/mol. The second kappa shape index (κ2) is 8.27. The van der Waals surface area contributed by atoms with Gasteiger partial charge in [0.1, 0.15) is 0 Å². The predicted octanol–water partition coefficient (Wildman–Crippen LogP) is 2.93. The normalized spacial score (nSPS) is 12.8. The van der Waals surface area contributed by atoms with Gasteiger partial charge in [0.15, 0.2) is 0 Å². The maximum Gasteiger partial charge on any atom is 0.241 e. The molecular weight excluding hydrogens is 336 g/mol. The number of carbonyl (C=O) groups is 1. The lowest BCUT2D eigenvalue weighted by Gasteiger charge is -2.20. The van der Waals surface area contributed by atoms with Gasteiger partial charge in [0.2, 0.25) is 15.9 Å². The van der Waals surface area contributed by atoms with Crippen LogP contribution in [0.5, 0.6) is 0 Å². The Balaban J connectivity index is 2.26. The molecule has 134 valence electrons. The van der Waals surface area contributed by atoms with E-state index in [0.29, 0.717) is 0 Å². The van der Waals surface area contributed by atoms with E-state index in [2.05, 4.69) is 10.0 Å². The van der Waals surface area contributed by atoms with Crippen molar-refractivity contribution >= 4 is 15.9 Å². The largest absolute Gasteiger partial charge is 0.354 e. The van der Waals surface area contributed by atoms with Gasteiger partial charge in [-0.05, 0) is 38.5 Å². The molecule has 0 bridgehead atoms. The fourth-order valence-corrected chi connectivity index (χ4v) is 3.68. The van der Waals surface area contributed by atoms with Crippen LogP contribution in [0.2, 0.25) is 0 Å². The van der Waals surface area contributed by atoms with Crippen LogP contribution in [-0.2, 0) is 14.8 Å². The molecule has 2 aromatic rings. The number of hydrogen-bond acceptors (Lipinski definition) is 3. The summed E-state index contributed by atoms with van der Waals surface area (Å²) >= 11 is 0. The Bertz CT molecular complexity index is 800. The van der Waals surface area contributed by atoms with E-state index in [1.54, 1.807) is 24.3 Å². The molecular formula is C19H24N2O3S. The second-order valence-corrected chi connectivity index (χ2v) is 8.04. The first-order valence-electron chi connectivity index (χ1n) is 8.21. The van der Waals surface area contributed by atoms with Crippen molar-refractivity contribution in [1.29, 1.82) is 0 Å². The van der Waals surface area contributed by atoms with Crippen LogP contribution in [0, 0.1) is 6.92 Å². The van der Waals surface area contributed by atoms with Crippen molar-refractivity contribution in [2.45, 2.75) is 44.2 Å². The highest BCUT2D eigenvalue weighted by atomic mass is 32.2. The van der Waals surface area contributed by atoms with Gasteiger partial charge in [0.05, 0.1) is 10.9 Å². The summed E-state index contributed by atoms with van der Waals surface area (Å²) in [4.78, 5) is 12.3. The summed E-state index contributed by atoms with van der Waals surface area (Å²) in [6.45, 7) is 5.63. The number of amides is 1. The number of nitrogens with one attached hydrogen (secondary N) is 2. The minimum absolute atomic E-state index is 0.00220. The van der Waals surface area contributed by atoms with Crippen molar-refractivity contribution in [3.63, 3.8) is 0 Å². The van der Waals surface area contributed by atoms with E-state index in [0.717, 1.165) is 11.1 Å². The Morgan fingerprint density at radius 3 is 2.16 bits per heavy atom. The number of rotatable bonds is 7. The lowest BCUT2D eigenvalue weighted by molar-refractivity contribution is -0.122. The minimum Gasteiger partial charge on any atom is -0.354 e. The van der Waals surface area contributed by atoms with Crippen molar-refractivity contribution in [3.8, 4) is 0 Å². The smallest absolute Gasteiger partial charge is 0.241 e. The van der Waals surface area contributed by atoms with Gasteiger partial charge in [-0.3, -0.25) is 4.79 Å². The number of benzene rings is 2. The van der Waals surface area contributed by atoms with E-state index in [1.165, 1.54) is 0 Å². The quantitative estimate of drug-likeness (QED) is 0.797. The molecule has 2 rings (SSSR count). The average Bonchev–Trinajstić information content (AvgIpc) is 2.54. The number of sulfonamides is 1. The lowest BCUT2D eigenvalue weighted by Crippen LogP contribution is -2.36. The highest BCUT2D eigenvalue weighted by molar-refractivity contribution is 7.89. The fourth-order valence-electron chi connectivity index (χ4n) is 2.45. The molecule has 25 heavy (non-hydrogen) atoms. The van der Waals surface area contributed by atoms with E-state index < -0.39 is 16.1 Å². The summed E-state index contributed by atoms with van der Waals surface area (Å²) < 4.78 is 28.0. The van der Waals surface area contributed by atoms with Gasteiger partial charge in [0, 0.05) is 12.5 Å². The minimum atomic E-state index is -3.73. The van der Waals surface area contributed by atoms with Gasteiger partial charge < -0.3 is 5.32 Å². The zero-order valence-corrected chi connectivity index (χ0v) is 15.5. The molecule has 6 heteroatoms. The molecule has 2 N–H and O–H groups in total. The molecule has 0 fully saturated rings. The van der Waals surface area contributed by atoms with Crippen molar-refractivity contribution in [3.05, 3.63) is 65.7 Å². The van der Waals surface area contributed by atoms with E-state index in [4.69, 9.17) is 0 Å². The number of carbonyl (C=O) groups excluding carboxylic acids is 1. The van der Waals surface area contributed by atoms with Crippen molar-refractivity contribution in [2.75, 3.05) is 0 Å². The first-order chi connectivity index (χ1) is 11.8. The van der Waals surface area contributed by atoms with Crippen LogP contribution in [0.4, 0.5) is 0 Å². The van der Waals surface area contributed by atoms with Crippen LogP contribution < -0.4 is 10.0 Å². The monoisotopic (exact) mass is 360 g/mol. The zero-order valence-electron chi connectivity index (χ0n) is 14.7. The zero-order chi connectivity index (χ0) is 18.4. The second-order valence-electron chi connectivity index (χ2n) is 6.32. The summed E-state index contributed by atoms with van der Waals surface area (Å²) in [5.74, 6) is -0.199. The highest BCUT2D eigenvalue weighted by Crippen LogP contribution is 2.20. The Kier molecular flexibility index (Phi) is 6.33. The Morgan fingerprint density at radius 1 is 1.00 bits per heavy atom.